The van der Waals surface area contributed by atoms with Crippen LogP contribution >= 0.6 is 15.9 Å². The lowest BCUT2D eigenvalue weighted by molar-refractivity contribution is -0.386. The number of hydrogen-bond donors (Lipinski definition) is 0. The summed E-state index contributed by atoms with van der Waals surface area (Å²) in [5.41, 5.74) is -1.47. The molecule has 98 valence electrons. The zero-order valence-electron chi connectivity index (χ0n) is 9.02. The molecule has 0 saturated heterocycles. The zero-order chi connectivity index (χ0) is 13.9. The molecular formula is C9H7BrF2N2O4. The van der Waals surface area contributed by atoms with Crippen molar-refractivity contribution >= 4 is 27.6 Å². The summed E-state index contributed by atoms with van der Waals surface area (Å²) in [6, 6.07) is 0.694. The van der Waals surface area contributed by atoms with Gasteiger partial charge in [0, 0.05) is 6.07 Å². The number of ether oxygens (including phenoxy) is 1. The van der Waals surface area contributed by atoms with Gasteiger partial charge in [0.25, 0.3) is 12.1 Å². The van der Waals surface area contributed by atoms with Crippen molar-refractivity contribution in [2.24, 2.45) is 0 Å². The lowest BCUT2D eigenvalue weighted by Gasteiger charge is -2.06. The van der Waals surface area contributed by atoms with Gasteiger partial charge in [-0.05, 0) is 15.9 Å². The van der Waals surface area contributed by atoms with Gasteiger partial charge in [-0.2, -0.15) is 0 Å². The van der Waals surface area contributed by atoms with E-state index in [0.29, 0.717) is 6.07 Å². The van der Waals surface area contributed by atoms with Crippen molar-refractivity contribution in [3.63, 3.8) is 0 Å². The van der Waals surface area contributed by atoms with E-state index in [1.807, 2.05) is 0 Å². The number of rotatable bonds is 4. The summed E-state index contributed by atoms with van der Waals surface area (Å²) < 4.78 is 29.2. The molecule has 1 aromatic heterocycles. The molecule has 1 aromatic rings. The predicted octanol–water partition coefficient (Wildman–Crippen LogP) is 2.41. The zero-order valence-corrected chi connectivity index (χ0v) is 10.6. The molecule has 0 aromatic carbocycles. The molecule has 1 heterocycles. The number of hydrogen-bond acceptors (Lipinski definition) is 5. The normalized spacial score (nSPS) is 10.5. The molecule has 0 atom stereocenters. The first kappa shape index (κ1) is 14.4. The fourth-order valence-corrected chi connectivity index (χ4v) is 1.68. The number of nitro groups is 1. The highest BCUT2D eigenvalue weighted by Gasteiger charge is 2.24. The Morgan fingerprint density at radius 1 is 1.67 bits per heavy atom. The molecule has 0 spiro atoms. The molecule has 0 aliphatic rings. The highest BCUT2D eigenvalue weighted by atomic mass is 79.9. The van der Waals surface area contributed by atoms with Crippen LogP contribution in [-0.2, 0) is 16.0 Å². The van der Waals surface area contributed by atoms with Crippen LogP contribution in [0.25, 0.3) is 0 Å². The third-order valence-corrected chi connectivity index (χ3v) is 2.67. The lowest BCUT2D eigenvalue weighted by Crippen LogP contribution is -2.10. The molecule has 0 fully saturated rings. The van der Waals surface area contributed by atoms with Crippen LogP contribution in [0, 0.1) is 10.1 Å². The maximum Gasteiger partial charge on any atom is 0.311 e. The van der Waals surface area contributed by atoms with Crippen molar-refractivity contribution in [1.82, 2.24) is 4.98 Å². The quantitative estimate of drug-likeness (QED) is 0.367. The molecule has 0 aliphatic heterocycles. The number of nitrogens with zero attached hydrogens (tertiary/aromatic N) is 2. The topological polar surface area (TPSA) is 82.3 Å². The van der Waals surface area contributed by atoms with Crippen LogP contribution in [0.2, 0.25) is 0 Å². The van der Waals surface area contributed by atoms with E-state index in [0.717, 1.165) is 7.11 Å². The summed E-state index contributed by atoms with van der Waals surface area (Å²) in [6.45, 7) is 0. The van der Waals surface area contributed by atoms with Gasteiger partial charge in [-0.3, -0.25) is 14.9 Å². The Morgan fingerprint density at radius 3 is 2.72 bits per heavy atom. The van der Waals surface area contributed by atoms with Gasteiger partial charge in [-0.1, -0.05) is 0 Å². The van der Waals surface area contributed by atoms with Gasteiger partial charge in [0.1, 0.15) is 10.3 Å². The minimum Gasteiger partial charge on any atom is -0.469 e. The number of pyridine rings is 1. The summed E-state index contributed by atoms with van der Waals surface area (Å²) in [5.74, 6) is -0.748. The average Bonchev–Trinajstić information content (AvgIpc) is 2.27. The van der Waals surface area contributed by atoms with E-state index in [-0.39, 0.29) is 10.3 Å². The van der Waals surface area contributed by atoms with Gasteiger partial charge >= 0.3 is 5.97 Å². The third-order valence-electron chi connectivity index (χ3n) is 2.03. The molecule has 1 rings (SSSR count). The highest BCUT2D eigenvalue weighted by Crippen LogP contribution is 2.31. The molecule has 18 heavy (non-hydrogen) atoms. The average molecular weight is 325 g/mol. The van der Waals surface area contributed by atoms with Crippen LogP contribution in [0.15, 0.2) is 10.7 Å². The minimum atomic E-state index is -2.90. The van der Waals surface area contributed by atoms with Crippen LogP contribution < -0.4 is 0 Å². The highest BCUT2D eigenvalue weighted by molar-refractivity contribution is 9.10. The van der Waals surface area contributed by atoms with Crippen LogP contribution in [0.3, 0.4) is 0 Å². The van der Waals surface area contributed by atoms with Gasteiger partial charge < -0.3 is 4.74 Å². The molecule has 0 saturated carbocycles. The maximum absolute atomic E-state index is 12.5. The van der Waals surface area contributed by atoms with Gasteiger partial charge in [0.15, 0.2) is 0 Å². The van der Waals surface area contributed by atoms with E-state index in [9.17, 15) is 23.7 Å². The molecule has 0 bridgehead atoms. The minimum absolute atomic E-state index is 0.233. The summed E-state index contributed by atoms with van der Waals surface area (Å²) >= 11 is 2.78. The number of esters is 1. The molecule has 0 unspecified atom stereocenters. The van der Waals surface area contributed by atoms with Crippen molar-refractivity contribution in [3.05, 3.63) is 32.0 Å². The van der Waals surface area contributed by atoms with Gasteiger partial charge in [-0.15, -0.1) is 0 Å². The van der Waals surface area contributed by atoms with Crippen LogP contribution in [0.1, 0.15) is 17.7 Å². The standard InChI is InChI=1S/C9H7BrF2N2O4/c1-18-7(15)3-5-6(14(16)17)2-4(9(11)12)8(10)13-5/h2,9H,3H2,1H3. The van der Waals surface area contributed by atoms with E-state index in [1.54, 1.807) is 0 Å². The Balaban J connectivity index is 3.29. The van der Waals surface area contributed by atoms with Crippen LogP contribution in [0.5, 0.6) is 0 Å². The number of carbonyl (C=O) groups excluding carboxylic acids is 1. The first-order chi connectivity index (χ1) is 8.36. The number of methoxy groups -OCH3 is 1. The molecule has 0 amide bonds. The first-order valence-electron chi connectivity index (χ1n) is 4.55. The summed E-state index contributed by atoms with van der Waals surface area (Å²) in [7, 11) is 1.11. The van der Waals surface area contributed by atoms with E-state index in [1.165, 1.54) is 0 Å². The Kier molecular flexibility index (Phi) is 4.65. The number of carbonyl (C=O) groups is 1. The Labute approximate surface area is 108 Å². The fourth-order valence-electron chi connectivity index (χ4n) is 1.18. The smallest absolute Gasteiger partial charge is 0.311 e. The Hall–Kier alpha value is -1.64. The Bertz CT molecular complexity index is 496. The monoisotopic (exact) mass is 324 g/mol. The molecular weight excluding hydrogens is 318 g/mol. The van der Waals surface area contributed by atoms with Crippen molar-refractivity contribution in [2.75, 3.05) is 7.11 Å². The van der Waals surface area contributed by atoms with E-state index in [4.69, 9.17) is 0 Å². The predicted molar refractivity (Wildman–Crippen MR) is 59.3 cm³/mol. The van der Waals surface area contributed by atoms with Gasteiger partial charge in [0.05, 0.1) is 24.0 Å². The summed E-state index contributed by atoms with van der Waals surface area (Å²) in [5, 5.41) is 10.7. The summed E-state index contributed by atoms with van der Waals surface area (Å²) in [6.07, 6.45) is -3.37. The second-order valence-electron chi connectivity index (χ2n) is 3.14. The third kappa shape index (κ3) is 3.19. The molecule has 0 N–H and O–H groups in total. The van der Waals surface area contributed by atoms with Crippen molar-refractivity contribution in [1.29, 1.82) is 0 Å². The summed E-state index contributed by atoms with van der Waals surface area (Å²) in [4.78, 5) is 24.5. The Morgan fingerprint density at radius 2 is 2.28 bits per heavy atom. The van der Waals surface area contributed by atoms with Crippen molar-refractivity contribution in [3.8, 4) is 0 Å². The lowest BCUT2D eigenvalue weighted by atomic mass is 10.2. The van der Waals surface area contributed by atoms with Crippen molar-refractivity contribution in [2.45, 2.75) is 12.8 Å². The molecule has 0 aliphatic carbocycles. The van der Waals surface area contributed by atoms with E-state index in [2.05, 4.69) is 25.7 Å². The fraction of sp³-hybridized carbons (Fsp3) is 0.333. The van der Waals surface area contributed by atoms with Gasteiger partial charge in [0.2, 0.25) is 0 Å². The molecule has 9 heteroatoms. The van der Waals surface area contributed by atoms with E-state index < -0.39 is 35.0 Å². The first-order valence-corrected chi connectivity index (χ1v) is 5.34. The SMILES string of the molecule is COC(=O)Cc1nc(Br)c(C(F)F)cc1[N+](=O)[O-]. The van der Waals surface area contributed by atoms with Crippen molar-refractivity contribution < 1.29 is 23.2 Å². The second kappa shape index (κ2) is 5.80. The van der Waals surface area contributed by atoms with Crippen LogP contribution in [0.4, 0.5) is 14.5 Å². The second-order valence-corrected chi connectivity index (χ2v) is 3.90. The maximum atomic E-state index is 12.5. The largest absolute Gasteiger partial charge is 0.469 e. The van der Waals surface area contributed by atoms with Gasteiger partial charge in [-0.25, -0.2) is 13.8 Å². The molecule has 0 radical (unpaired) electrons. The van der Waals surface area contributed by atoms with Crippen LogP contribution in [-0.4, -0.2) is 23.0 Å². The number of aromatic nitrogens is 1. The van der Waals surface area contributed by atoms with E-state index >= 15 is 0 Å². The number of alkyl halides is 2. The number of halogens is 3. The molecule has 6 nitrogen and oxygen atoms in total.